The molecule has 2 fully saturated rings. The lowest BCUT2D eigenvalue weighted by molar-refractivity contribution is -0.179. The van der Waals surface area contributed by atoms with Gasteiger partial charge in [-0.3, -0.25) is 0 Å². The van der Waals surface area contributed by atoms with Crippen LogP contribution in [0.4, 0.5) is 24.5 Å². The molecule has 3 atom stereocenters. The van der Waals surface area contributed by atoms with Gasteiger partial charge in [-0.15, -0.1) is 0 Å². The molecule has 0 saturated carbocycles. The van der Waals surface area contributed by atoms with Gasteiger partial charge in [0.1, 0.15) is 24.8 Å². The third-order valence-corrected chi connectivity index (χ3v) is 9.68. The Labute approximate surface area is 299 Å². The van der Waals surface area contributed by atoms with Crippen molar-refractivity contribution < 1.29 is 27.4 Å². The lowest BCUT2D eigenvalue weighted by atomic mass is 9.97. The quantitative estimate of drug-likeness (QED) is 0.162. The van der Waals surface area contributed by atoms with Gasteiger partial charge in [0.15, 0.2) is 5.79 Å². The topological polar surface area (TPSA) is 99.8 Å². The Morgan fingerprint density at radius 1 is 0.923 bits per heavy atom. The molecule has 0 spiro atoms. The molecule has 2 saturated heterocycles. The Kier molecular flexibility index (Phi) is 10.0. The van der Waals surface area contributed by atoms with Gasteiger partial charge in [-0.1, -0.05) is 19.1 Å². The maximum Gasteiger partial charge on any atom is 0.416 e. The number of benzene rings is 3. The van der Waals surface area contributed by atoms with Crippen LogP contribution in [0.2, 0.25) is 0 Å². The molecule has 11 nitrogen and oxygen atoms in total. The van der Waals surface area contributed by atoms with Crippen molar-refractivity contribution >= 4 is 11.4 Å². The largest absolute Gasteiger partial charge is 0.491 e. The minimum atomic E-state index is -4.51. The number of piperazine rings is 1. The SMILES string of the molecule is CCC(C)n1ncn(-c2ccc(N3CCN(c4ccc(OC[C@@H]5CO[C@@](Cc6ccnnc6)(c6cccc(C(F)(F)F)c6)O5)cc4)CC3)cc2)c1=O. The Bertz CT molecular complexity index is 2000. The van der Waals surface area contributed by atoms with Gasteiger partial charge in [-0.2, -0.15) is 28.5 Å². The molecule has 0 radical (unpaired) electrons. The van der Waals surface area contributed by atoms with Gasteiger partial charge in [-0.05, 0) is 85.6 Å². The predicted octanol–water partition coefficient (Wildman–Crippen LogP) is 6.03. The zero-order valence-corrected chi connectivity index (χ0v) is 28.9. The van der Waals surface area contributed by atoms with Gasteiger partial charge in [0, 0.05) is 55.7 Å². The van der Waals surface area contributed by atoms with E-state index in [9.17, 15) is 18.0 Å². The van der Waals surface area contributed by atoms with Crippen molar-refractivity contribution in [2.75, 3.05) is 49.2 Å². The number of alkyl halides is 3. The first-order valence-electron chi connectivity index (χ1n) is 17.4. The standard InChI is InChI=1S/C38H40F3N7O4/c1-3-27(2)48-36(49)47(26-44-48)33-9-7-31(8-10-33)45-17-19-46(20-18-45)32-11-13-34(14-12-32)50-24-35-25-51-37(52-35,22-28-15-16-42-43-23-28)29-5-4-6-30(21-29)38(39,40)41/h4-16,21,23,26-27,35H,3,17-20,22,24-25H2,1-2H3/t27?,35-,37-/m1/s1. The second-order valence-corrected chi connectivity index (χ2v) is 13.1. The summed E-state index contributed by atoms with van der Waals surface area (Å²) in [5.41, 5.74) is 3.03. The van der Waals surface area contributed by atoms with Gasteiger partial charge < -0.3 is 24.0 Å². The van der Waals surface area contributed by atoms with Crippen LogP contribution >= 0.6 is 0 Å². The minimum absolute atomic E-state index is 0.0433. The average molecular weight is 716 g/mol. The van der Waals surface area contributed by atoms with Crippen LogP contribution in [-0.2, 0) is 27.9 Å². The minimum Gasteiger partial charge on any atom is -0.491 e. The number of rotatable bonds is 11. The Morgan fingerprint density at radius 3 is 2.23 bits per heavy atom. The number of nitrogens with zero attached hydrogens (tertiary/aromatic N) is 7. The number of hydrogen-bond acceptors (Lipinski definition) is 9. The van der Waals surface area contributed by atoms with Gasteiger partial charge >= 0.3 is 11.9 Å². The molecule has 14 heteroatoms. The highest BCUT2D eigenvalue weighted by Crippen LogP contribution is 2.40. The zero-order chi connectivity index (χ0) is 36.3. The van der Waals surface area contributed by atoms with Crippen LogP contribution in [0.3, 0.4) is 0 Å². The Balaban J connectivity index is 0.938. The van der Waals surface area contributed by atoms with E-state index in [1.807, 2.05) is 62.4 Å². The molecule has 2 aromatic heterocycles. The van der Waals surface area contributed by atoms with Crippen LogP contribution in [-0.4, -0.2) is 70.0 Å². The molecule has 5 aromatic rings. The van der Waals surface area contributed by atoms with Crippen LogP contribution in [0.1, 0.15) is 43.0 Å². The summed E-state index contributed by atoms with van der Waals surface area (Å²) < 4.78 is 62.4. The lowest BCUT2D eigenvalue weighted by Gasteiger charge is -2.37. The molecule has 1 unspecified atom stereocenters. The number of anilines is 2. The van der Waals surface area contributed by atoms with Crippen LogP contribution in [0.15, 0.2) is 102 Å². The van der Waals surface area contributed by atoms with E-state index in [1.165, 1.54) is 16.9 Å². The summed E-state index contributed by atoms with van der Waals surface area (Å²) in [6.45, 7) is 7.66. The van der Waals surface area contributed by atoms with Gasteiger partial charge in [-0.25, -0.2) is 14.0 Å². The first-order chi connectivity index (χ1) is 25.1. The molecule has 3 aromatic carbocycles. The van der Waals surface area contributed by atoms with Crippen molar-refractivity contribution in [3.8, 4) is 11.4 Å². The van der Waals surface area contributed by atoms with E-state index >= 15 is 0 Å². The van der Waals surface area contributed by atoms with Crippen molar-refractivity contribution in [2.45, 2.75) is 50.8 Å². The summed E-state index contributed by atoms with van der Waals surface area (Å²) in [6, 6.07) is 22.7. The van der Waals surface area contributed by atoms with Gasteiger partial charge in [0.2, 0.25) is 0 Å². The maximum atomic E-state index is 13.6. The summed E-state index contributed by atoms with van der Waals surface area (Å²) in [5, 5.41) is 12.0. The zero-order valence-electron chi connectivity index (χ0n) is 28.9. The molecule has 2 aliphatic heterocycles. The predicted molar refractivity (Wildman–Crippen MR) is 189 cm³/mol. The first-order valence-corrected chi connectivity index (χ1v) is 17.4. The molecular weight excluding hydrogens is 675 g/mol. The van der Waals surface area contributed by atoms with Crippen molar-refractivity contribution in [3.05, 3.63) is 125 Å². The second-order valence-electron chi connectivity index (χ2n) is 13.1. The monoisotopic (exact) mass is 715 g/mol. The Hall–Kier alpha value is -5.21. The Morgan fingerprint density at radius 2 is 1.60 bits per heavy atom. The molecule has 0 amide bonds. The molecule has 0 aliphatic carbocycles. The van der Waals surface area contributed by atoms with Gasteiger partial charge in [0.25, 0.3) is 0 Å². The highest BCUT2D eigenvalue weighted by atomic mass is 19.4. The van der Waals surface area contributed by atoms with Crippen LogP contribution < -0.4 is 20.2 Å². The summed E-state index contributed by atoms with van der Waals surface area (Å²) in [4.78, 5) is 17.5. The highest BCUT2D eigenvalue weighted by molar-refractivity contribution is 5.54. The number of halogens is 3. The molecule has 0 bridgehead atoms. The van der Waals surface area contributed by atoms with Crippen molar-refractivity contribution in [1.29, 1.82) is 0 Å². The number of hydrogen-bond donors (Lipinski definition) is 0. The molecular formula is C38H40F3N7O4. The molecule has 2 aliphatic rings. The molecule has 7 rings (SSSR count). The van der Waals surface area contributed by atoms with Crippen molar-refractivity contribution in [2.24, 2.45) is 0 Å². The highest BCUT2D eigenvalue weighted by Gasteiger charge is 2.45. The van der Waals surface area contributed by atoms with E-state index in [1.54, 1.807) is 29.2 Å². The smallest absolute Gasteiger partial charge is 0.416 e. The summed E-state index contributed by atoms with van der Waals surface area (Å²) in [7, 11) is 0. The van der Waals surface area contributed by atoms with Crippen molar-refractivity contribution in [1.82, 2.24) is 24.5 Å². The third kappa shape index (κ3) is 7.53. The summed E-state index contributed by atoms with van der Waals surface area (Å²) in [6.07, 6.45) is 0.594. The van der Waals surface area contributed by atoms with E-state index < -0.39 is 23.6 Å². The maximum absolute atomic E-state index is 13.6. The average Bonchev–Trinajstić information content (AvgIpc) is 3.78. The van der Waals surface area contributed by atoms with E-state index in [0.29, 0.717) is 11.3 Å². The first kappa shape index (κ1) is 35.2. The van der Waals surface area contributed by atoms with Crippen LogP contribution in [0.25, 0.3) is 5.69 Å². The van der Waals surface area contributed by atoms with Crippen molar-refractivity contribution in [3.63, 3.8) is 0 Å². The molecule has 4 heterocycles. The number of aromatic nitrogens is 5. The normalized spacial score (nSPS) is 19.9. The molecule has 272 valence electrons. The van der Waals surface area contributed by atoms with Gasteiger partial charge in [0.05, 0.1) is 30.1 Å². The number of ether oxygens (including phenoxy) is 3. The fourth-order valence-electron chi connectivity index (χ4n) is 6.57. The van der Waals surface area contributed by atoms with E-state index in [-0.39, 0.29) is 36.9 Å². The molecule has 52 heavy (non-hydrogen) atoms. The van der Waals surface area contributed by atoms with E-state index in [4.69, 9.17) is 14.2 Å². The third-order valence-electron chi connectivity index (χ3n) is 9.68. The fraction of sp³-hybridized carbons (Fsp3) is 0.368. The fourth-order valence-corrected chi connectivity index (χ4v) is 6.57. The lowest BCUT2D eigenvalue weighted by Crippen LogP contribution is -2.46. The molecule has 0 N–H and O–H groups in total. The van der Waals surface area contributed by atoms with Crippen LogP contribution in [0.5, 0.6) is 5.75 Å². The van der Waals surface area contributed by atoms with Crippen LogP contribution in [0, 0.1) is 0 Å². The van der Waals surface area contributed by atoms with E-state index in [2.05, 4.69) is 25.1 Å². The summed E-state index contributed by atoms with van der Waals surface area (Å²) >= 11 is 0. The van der Waals surface area contributed by atoms with E-state index in [0.717, 1.165) is 61.8 Å². The second kappa shape index (κ2) is 14.8. The summed E-state index contributed by atoms with van der Waals surface area (Å²) in [5.74, 6) is -0.793.